The maximum atomic E-state index is 12.1. The number of nitrogens with one attached hydrogen (secondary N) is 2. The van der Waals surface area contributed by atoms with Crippen LogP contribution < -0.4 is 10.0 Å². The monoisotopic (exact) mass is 406 g/mol. The minimum Gasteiger partial charge on any atom is -0.325 e. The van der Waals surface area contributed by atoms with E-state index in [1.54, 1.807) is 18.2 Å². The number of sulfonamides is 1. The third kappa shape index (κ3) is 5.09. The van der Waals surface area contributed by atoms with E-state index in [9.17, 15) is 13.2 Å². The number of hydrogen-bond acceptors (Lipinski definition) is 3. The SMILES string of the molecule is O=C(CCNS(=O)(=O)c1ccc(Cl)cc1)Nc1cccc(Cl)c1Cl. The van der Waals surface area contributed by atoms with E-state index in [1.807, 2.05) is 0 Å². The summed E-state index contributed by atoms with van der Waals surface area (Å²) in [6, 6.07) is 10.6. The summed E-state index contributed by atoms with van der Waals surface area (Å²) in [6.45, 7) is -0.0605. The van der Waals surface area contributed by atoms with Crippen LogP contribution >= 0.6 is 34.8 Å². The van der Waals surface area contributed by atoms with Crippen molar-refractivity contribution in [3.05, 3.63) is 57.5 Å². The zero-order valence-electron chi connectivity index (χ0n) is 12.2. The number of rotatable bonds is 6. The Morgan fingerprint density at radius 3 is 2.33 bits per heavy atom. The van der Waals surface area contributed by atoms with E-state index >= 15 is 0 Å². The molecule has 0 aliphatic carbocycles. The molecule has 0 saturated carbocycles. The number of carbonyl (C=O) groups excluding carboxylic acids is 1. The predicted octanol–water partition coefficient (Wildman–Crippen LogP) is 3.95. The predicted molar refractivity (Wildman–Crippen MR) is 96.3 cm³/mol. The lowest BCUT2D eigenvalue weighted by molar-refractivity contribution is -0.116. The van der Waals surface area contributed by atoms with Gasteiger partial charge in [0.25, 0.3) is 0 Å². The Morgan fingerprint density at radius 2 is 1.67 bits per heavy atom. The Balaban J connectivity index is 1.90. The van der Waals surface area contributed by atoms with Crippen molar-refractivity contribution in [2.45, 2.75) is 11.3 Å². The molecule has 2 N–H and O–H groups in total. The lowest BCUT2D eigenvalue weighted by Crippen LogP contribution is -2.27. The van der Waals surface area contributed by atoms with Crippen molar-refractivity contribution >= 4 is 56.4 Å². The Bertz CT molecular complexity index is 840. The molecule has 0 radical (unpaired) electrons. The highest BCUT2D eigenvalue weighted by Gasteiger charge is 2.14. The summed E-state index contributed by atoms with van der Waals surface area (Å²) in [5.74, 6) is -0.391. The van der Waals surface area contributed by atoms with E-state index in [0.29, 0.717) is 15.7 Å². The van der Waals surface area contributed by atoms with E-state index in [-0.39, 0.29) is 22.9 Å². The first-order valence-corrected chi connectivity index (χ1v) is 9.40. The van der Waals surface area contributed by atoms with Gasteiger partial charge in [-0.25, -0.2) is 13.1 Å². The molecule has 0 bridgehead atoms. The van der Waals surface area contributed by atoms with Crippen LogP contribution in [0, 0.1) is 0 Å². The molecule has 2 aromatic carbocycles. The Hall–Kier alpha value is -1.31. The molecule has 0 atom stereocenters. The molecule has 1 amide bonds. The van der Waals surface area contributed by atoms with Gasteiger partial charge in [-0.05, 0) is 36.4 Å². The highest BCUT2D eigenvalue weighted by Crippen LogP contribution is 2.29. The van der Waals surface area contributed by atoms with Crippen LogP contribution in [0.3, 0.4) is 0 Å². The number of amides is 1. The molecule has 0 spiro atoms. The zero-order valence-corrected chi connectivity index (χ0v) is 15.3. The molecular weight excluding hydrogens is 395 g/mol. The van der Waals surface area contributed by atoms with Crippen LogP contribution in [-0.4, -0.2) is 20.9 Å². The van der Waals surface area contributed by atoms with E-state index in [1.165, 1.54) is 24.3 Å². The van der Waals surface area contributed by atoms with Gasteiger partial charge in [-0.2, -0.15) is 0 Å². The molecule has 24 heavy (non-hydrogen) atoms. The fourth-order valence-corrected chi connectivity index (χ4v) is 3.31. The lowest BCUT2D eigenvalue weighted by Gasteiger charge is -2.09. The summed E-state index contributed by atoms with van der Waals surface area (Å²) in [5.41, 5.74) is 0.370. The van der Waals surface area contributed by atoms with Gasteiger partial charge < -0.3 is 5.32 Å². The van der Waals surface area contributed by atoms with Crippen molar-refractivity contribution in [2.75, 3.05) is 11.9 Å². The molecule has 0 unspecified atom stereocenters. The first kappa shape index (κ1) is 19.0. The topological polar surface area (TPSA) is 75.3 Å². The number of carbonyl (C=O) groups is 1. The molecule has 0 aromatic heterocycles. The normalized spacial score (nSPS) is 11.3. The van der Waals surface area contributed by atoms with Gasteiger partial charge in [-0.15, -0.1) is 0 Å². The summed E-state index contributed by atoms with van der Waals surface area (Å²) in [6.07, 6.45) is -0.0599. The number of halogens is 3. The minimum atomic E-state index is -3.70. The average Bonchev–Trinajstić information content (AvgIpc) is 2.52. The quantitative estimate of drug-likeness (QED) is 0.761. The Labute approximate surface area is 155 Å². The van der Waals surface area contributed by atoms with Crippen LogP contribution in [0.1, 0.15) is 6.42 Å². The molecule has 0 heterocycles. The molecular formula is C15H13Cl3N2O3S. The van der Waals surface area contributed by atoms with Gasteiger partial charge in [0.15, 0.2) is 0 Å². The van der Waals surface area contributed by atoms with Crippen LogP contribution in [-0.2, 0) is 14.8 Å². The summed E-state index contributed by atoms with van der Waals surface area (Å²) in [4.78, 5) is 12.0. The molecule has 0 aliphatic rings. The zero-order chi connectivity index (χ0) is 17.7. The Morgan fingerprint density at radius 1 is 1.00 bits per heavy atom. The smallest absolute Gasteiger partial charge is 0.240 e. The summed E-state index contributed by atoms with van der Waals surface area (Å²) in [7, 11) is -3.70. The van der Waals surface area contributed by atoms with E-state index < -0.39 is 15.9 Å². The van der Waals surface area contributed by atoms with E-state index in [2.05, 4.69) is 10.0 Å². The maximum absolute atomic E-state index is 12.1. The van der Waals surface area contributed by atoms with Crippen molar-refractivity contribution < 1.29 is 13.2 Å². The van der Waals surface area contributed by atoms with Crippen molar-refractivity contribution in [2.24, 2.45) is 0 Å². The van der Waals surface area contributed by atoms with E-state index in [4.69, 9.17) is 34.8 Å². The minimum absolute atomic E-state index is 0.0599. The summed E-state index contributed by atoms with van der Waals surface area (Å²) >= 11 is 17.5. The van der Waals surface area contributed by atoms with Gasteiger partial charge in [0.1, 0.15) is 0 Å². The van der Waals surface area contributed by atoms with Crippen molar-refractivity contribution in [1.29, 1.82) is 0 Å². The molecule has 128 valence electrons. The van der Waals surface area contributed by atoms with Crippen LogP contribution in [0.5, 0.6) is 0 Å². The van der Waals surface area contributed by atoms with Crippen molar-refractivity contribution in [3.63, 3.8) is 0 Å². The highest BCUT2D eigenvalue weighted by atomic mass is 35.5. The third-order valence-electron chi connectivity index (χ3n) is 2.99. The summed E-state index contributed by atoms with van der Waals surface area (Å²) in [5, 5.41) is 3.56. The first-order chi connectivity index (χ1) is 11.3. The van der Waals surface area contributed by atoms with E-state index in [0.717, 1.165) is 0 Å². The number of benzene rings is 2. The van der Waals surface area contributed by atoms with Crippen molar-refractivity contribution in [3.8, 4) is 0 Å². The van der Waals surface area contributed by atoms with Crippen molar-refractivity contribution in [1.82, 2.24) is 4.72 Å². The first-order valence-electron chi connectivity index (χ1n) is 6.79. The second kappa shape index (κ2) is 8.18. The van der Waals surface area contributed by atoms with Gasteiger partial charge >= 0.3 is 0 Å². The molecule has 2 rings (SSSR count). The van der Waals surface area contributed by atoms with Crippen LogP contribution in [0.4, 0.5) is 5.69 Å². The van der Waals surface area contributed by atoms with Crippen LogP contribution in [0.25, 0.3) is 0 Å². The third-order valence-corrected chi connectivity index (χ3v) is 5.54. The molecule has 2 aromatic rings. The largest absolute Gasteiger partial charge is 0.325 e. The van der Waals surface area contributed by atoms with Gasteiger partial charge in [0.05, 0.1) is 20.6 Å². The standard InChI is InChI=1S/C15H13Cl3N2O3S/c16-10-4-6-11(7-5-10)24(22,23)19-9-8-14(21)20-13-3-1-2-12(17)15(13)18/h1-7,19H,8-9H2,(H,20,21). The average molecular weight is 408 g/mol. The number of hydrogen-bond donors (Lipinski definition) is 2. The van der Waals surface area contributed by atoms with Crippen LogP contribution in [0.15, 0.2) is 47.4 Å². The second-order valence-corrected chi connectivity index (χ2v) is 7.74. The molecule has 0 saturated heterocycles. The lowest BCUT2D eigenvalue weighted by atomic mass is 10.3. The maximum Gasteiger partial charge on any atom is 0.240 e. The Kier molecular flexibility index (Phi) is 6.48. The highest BCUT2D eigenvalue weighted by molar-refractivity contribution is 7.89. The van der Waals surface area contributed by atoms with Gasteiger partial charge in [-0.1, -0.05) is 40.9 Å². The van der Waals surface area contributed by atoms with Gasteiger partial charge in [0, 0.05) is 18.0 Å². The summed E-state index contributed by atoms with van der Waals surface area (Å²) < 4.78 is 26.5. The fourth-order valence-electron chi connectivity index (χ4n) is 1.81. The van der Waals surface area contributed by atoms with Gasteiger partial charge in [-0.3, -0.25) is 4.79 Å². The fraction of sp³-hybridized carbons (Fsp3) is 0.133. The second-order valence-electron chi connectivity index (χ2n) is 4.75. The molecule has 5 nitrogen and oxygen atoms in total. The number of anilines is 1. The molecule has 0 fully saturated rings. The van der Waals surface area contributed by atoms with Crippen LogP contribution in [0.2, 0.25) is 15.1 Å². The molecule has 9 heteroatoms. The molecule has 0 aliphatic heterocycles. The van der Waals surface area contributed by atoms with Gasteiger partial charge in [0.2, 0.25) is 15.9 Å².